The van der Waals surface area contributed by atoms with Crippen LogP contribution in [0.1, 0.15) is 40.0 Å². The van der Waals surface area contributed by atoms with Gasteiger partial charge in [-0.2, -0.15) is 0 Å². The fraction of sp³-hybridized carbons (Fsp3) is 0.524. The van der Waals surface area contributed by atoms with Crippen molar-refractivity contribution < 1.29 is 33.4 Å². The second-order valence-corrected chi connectivity index (χ2v) is 7.29. The van der Waals surface area contributed by atoms with Gasteiger partial charge >= 0.3 is 17.9 Å². The molecule has 0 unspecified atom stereocenters. The Morgan fingerprint density at radius 2 is 2.04 bits per heavy atom. The van der Waals surface area contributed by atoms with Crippen molar-refractivity contribution in [3.05, 3.63) is 35.5 Å². The van der Waals surface area contributed by atoms with Crippen molar-refractivity contribution in [3.63, 3.8) is 0 Å². The average molecular weight is 390 g/mol. The van der Waals surface area contributed by atoms with Crippen LogP contribution in [0.4, 0.5) is 0 Å². The fourth-order valence-electron chi connectivity index (χ4n) is 3.18. The highest BCUT2D eigenvalue weighted by Crippen LogP contribution is 2.35. The van der Waals surface area contributed by atoms with Crippen LogP contribution in [-0.4, -0.2) is 43.0 Å². The zero-order valence-corrected chi connectivity index (χ0v) is 16.4. The minimum Gasteiger partial charge on any atom is -0.461 e. The van der Waals surface area contributed by atoms with Gasteiger partial charge in [-0.25, -0.2) is 4.79 Å². The first-order valence-electron chi connectivity index (χ1n) is 9.29. The number of hydrogen-bond donors (Lipinski definition) is 0. The van der Waals surface area contributed by atoms with E-state index in [1.54, 1.807) is 19.9 Å². The molecule has 1 aliphatic carbocycles. The van der Waals surface area contributed by atoms with Crippen molar-refractivity contribution >= 4 is 24.2 Å². The first-order valence-corrected chi connectivity index (χ1v) is 9.29. The molecule has 0 N–H and O–H groups in total. The lowest BCUT2D eigenvalue weighted by atomic mass is 9.87. The van der Waals surface area contributed by atoms with E-state index in [2.05, 4.69) is 6.58 Å². The highest BCUT2D eigenvalue weighted by atomic mass is 16.6. The Hall–Kier alpha value is -2.70. The summed E-state index contributed by atoms with van der Waals surface area (Å²) in [6.07, 6.45) is 3.96. The van der Waals surface area contributed by atoms with E-state index in [-0.39, 0.29) is 37.3 Å². The summed E-state index contributed by atoms with van der Waals surface area (Å²) in [4.78, 5) is 46.8. The third-order valence-electron chi connectivity index (χ3n) is 4.81. The summed E-state index contributed by atoms with van der Waals surface area (Å²) in [5.74, 6) is -1.92. The molecule has 152 valence electrons. The lowest BCUT2D eigenvalue weighted by molar-refractivity contribution is -0.148. The van der Waals surface area contributed by atoms with Crippen molar-refractivity contribution in [2.45, 2.75) is 52.2 Å². The van der Waals surface area contributed by atoms with Crippen LogP contribution in [0, 0.1) is 11.8 Å². The molecule has 1 fully saturated rings. The van der Waals surface area contributed by atoms with Gasteiger partial charge in [-0.15, -0.1) is 0 Å². The lowest BCUT2D eigenvalue weighted by Crippen LogP contribution is -2.25. The molecule has 0 radical (unpaired) electrons. The largest absolute Gasteiger partial charge is 0.461 e. The topological polar surface area (TPSA) is 96.0 Å². The van der Waals surface area contributed by atoms with Crippen LogP contribution in [-0.2, 0) is 33.4 Å². The van der Waals surface area contributed by atoms with Crippen molar-refractivity contribution in [1.29, 1.82) is 0 Å². The number of carbonyl (C=O) groups is 4. The van der Waals surface area contributed by atoms with Crippen molar-refractivity contribution in [1.82, 2.24) is 0 Å². The summed E-state index contributed by atoms with van der Waals surface area (Å²) in [6.45, 7) is 8.50. The van der Waals surface area contributed by atoms with Gasteiger partial charge in [-0.1, -0.05) is 32.6 Å². The van der Waals surface area contributed by atoms with Crippen LogP contribution in [0.2, 0.25) is 0 Å². The average Bonchev–Trinajstić information content (AvgIpc) is 2.90. The Labute approximate surface area is 164 Å². The number of esters is 3. The Bertz CT molecular complexity index is 729. The van der Waals surface area contributed by atoms with Crippen LogP contribution >= 0.6 is 0 Å². The van der Waals surface area contributed by atoms with Crippen molar-refractivity contribution in [3.8, 4) is 0 Å². The zero-order valence-electron chi connectivity index (χ0n) is 16.4. The van der Waals surface area contributed by atoms with E-state index in [4.69, 9.17) is 14.2 Å². The molecular formula is C21H26O7. The monoisotopic (exact) mass is 390 g/mol. The van der Waals surface area contributed by atoms with Crippen molar-refractivity contribution in [2.24, 2.45) is 11.8 Å². The number of fused-ring (bicyclic) bond motifs is 1. The van der Waals surface area contributed by atoms with Gasteiger partial charge in [-0.05, 0) is 12.0 Å². The molecule has 0 aromatic carbocycles. The molecule has 0 aromatic heterocycles. The maximum absolute atomic E-state index is 11.9. The summed E-state index contributed by atoms with van der Waals surface area (Å²) in [5.41, 5.74) is 1.39. The molecular weight excluding hydrogens is 364 g/mol. The van der Waals surface area contributed by atoms with Gasteiger partial charge in [0.1, 0.15) is 25.1 Å². The third-order valence-corrected chi connectivity index (χ3v) is 4.81. The van der Waals surface area contributed by atoms with Gasteiger partial charge < -0.3 is 14.2 Å². The molecule has 2 aliphatic rings. The summed E-state index contributed by atoms with van der Waals surface area (Å²) < 4.78 is 16.1. The van der Waals surface area contributed by atoms with E-state index in [1.807, 2.05) is 6.08 Å². The van der Waals surface area contributed by atoms with Gasteiger partial charge in [-0.3, -0.25) is 14.4 Å². The molecule has 28 heavy (non-hydrogen) atoms. The van der Waals surface area contributed by atoms with Gasteiger partial charge in [0.15, 0.2) is 0 Å². The van der Waals surface area contributed by atoms with E-state index in [1.165, 1.54) is 6.92 Å². The van der Waals surface area contributed by atoms with Crippen LogP contribution in [0.3, 0.4) is 0 Å². The second kappa shape index (κ2) is 9.48. The first kappa shape index (κ1) is 21.6. The fourth-order valence-corrected chi connectivity index (χ4v) is 3.18. The van der Waals surface area contributed by atoms with Crippen molar-refractivity contribution in [2.75, 3.05) is 6.61 Å². The van der Waals surface area contributed by atoms with Gasteiger partial charge in [0.05, 0.1) is 5.92 Å². The minimum absolute atomic E-state index is 0.0438. The van der Waals surface area contributed by atoms with Crippen LogP contribution < -0.4 is 0 Å². The summed E-state index contributed by atoms with van der Waals surface area (Å²) in [7, 11) is 0. The number of ether oxygens (including phenoxy) is 3. The molecule has 0 spiro atoms. The Morgan fingerprint density at radius 3 is 2.64 bits per heavy atom. The smallest absolute Gasteiger partial charge is 0.334 e. The molecule has 7 nitrogen and oxygen atoms in total. The van der Waals surface area contributed by atoms with E-state index in [9.17, 15) is 19.2 Å². The summed E-state index contributed by atoms with van der Waals surface area (Å²) in [6, 6.07) is 0. The number of aldehydes is 1. The zero-order chi connectivity index (χ0) is 20.8. The van der Waals surface area contributed by atoms with Gasteiger partial charge in [0.25, 0.3) is 0 Å². The first-order chi connectivity index (χ1) is 13.2. The number of carbonyl (C=O) groups excluding carboxylic acids is 4. The molecule has 1 heterocycles. The van der Waals surface area contributed by atoms with Gasteiger partial charge in [0.2, 0.25) is 0 Å². The summed E-state index contributed by atoms with van der Waals surface area (Å²) >= 11 is 0. The van der Waals surface area contributed by atoms with E-state index in [0.29, 0.717) is 29.4 Å². The van der Waals surface area contributed by atoms with E-state index >= 15 is 0 Å². The van der Waals surface area contributed by atoms with Gasteiger partial charge in [0, 0.05) is 36.8 Å². The standard InChI is InChI=1S/C21H26O7/c1-12(2)20(24)26-11-16-6-7-17-13(3)21(25)28-19(17)9-15(10-22)5-8-18(16)27-14(4)23/h5-6,10,12,17-19H,3,7-9,11H2,1-2,4H3/b15-5+,16-6+/t17-,18+,19+/m1/s1. The molecule has 1 aliphatic heterocycles. The molecule has 0 aromatic rings. The highest BCUT2D eigenvalue weighted by molar-refractivity contribution is 5.91. The number of allylic oxidation sites excluding steroid dienone is 1. The van der Waals surface area contributed by atoms with E-state index in [0.717, 1.165) is 0 Å². The van der Waals surface area contributed by atoms with Crippen LogP contribution in [0.5, 0.6) is 0 Å². The molecule has 1 saturated heterocycles. The highest BCUT2D eigenvalue weighted by Gasteiger charge is 2.38. The SMILES string of the molecule is C=C1C(=O)O[C@H]2C/C(C=O)=C\C[C@H](OC(C)=O)/C(COC(=O)C(C)C)=C/C[C@H]12. The molecule has 0 saturated carbocycles. The second-order valence-electron chi connectivity index (χ2n) is 7.29. The predicted octanol–water partition coefficient (Wildman–Crippen LogP) is 2.45. The number of hydrogen-bond acceptors (Lipinski definition) is 7. The normalized spacial score (nSPS) is 28.9. The quantitative estimate of drug-likeness (QED) is 0.234. The minimum atomic E-state index is -0.671. The number of rotatable bonds is 5. The Balaban J connectivity index is 2.35. The molecule has 3 atom stereocenters. The molecule has 2 rings (SSSR count). The lowest BCUT2D eigenvalue weighted by Gasteiger charge is -2.23. The Kier molecular flexibility index (Phi) is 7.31. The predicted molar refractivity (Wildman–Crippen MR) is 99.9 cm³/mol. The maximum Gasteiger partial charge on any atom is 0.334 e. The third kappa shape index (κ3) is 5.41. The van der Waals surface area contributed by atoms with E-state index < -0.39 is 24.1 Å². The van der Waals surface area contributed by atoms with Crippen LogP contribution in [0.15, 0.2) is 35.5 Å². The maximum atomic E-state index is 11.9. The summed E-state index contributed by atoms with van der Waals surface area (Å²) in [5, 5.41) is 0. The molecule has 0 amide bonds. The molecule has 7 heteroatoms. The Morgan fingerprint density at radius 1 is 1.32 bits per heavy atom. The molecule has 0 bridgehead atoms. The van der Waals surface area contributed by atoms with Crippen LogP contribution in [0.25, 0.3) is 0 Å².